The average Bonchev–Trinajstić information content (AvgIpc) is 1.59. The maximum Gasteiger partial charge on any atom is 0.0771 e. The molecule has 1 aliphatic carbocycles. The van der Waals surface area contributed by atoms with Crippen LogP contribution in [0.15, 0.2) is 23.3 Å². The van der Waals surface area contributed by atoms with E-state index in [0.29, 0.717) is 0 Å². The Kier molecular flexibility index (Phi) is 1.65. The molecule has 0 aliphatic heterocycles. The largest absolute Gasteiger partial charge is 0.0771 e. The summed E-state index contributed by atoms with van der Waals surface area (Å²) in [7, 11) is 0. The first-order valence-electron chi connectivity index (χ1n) is 3.36. The maximum absolute atomic E-state index is 2.24. The van der Waals surface area contributed by atoms with Gasteiger partial charge in [-0.05, 0) is 0 Å². The Morgan fingerprint density at radius 1 is 1.22 bits per heavy atom. The van der Waals surface area contributed by atoms with Gasteiger partial charge in [0.25, 0.3) is 0 Å². The smallest absolute Gasteiger partial charge is 0.00313 e. The summed E-state index contributed by atoms with van der Waals surface area (Å²) in [6.07, 6.45) is 5.65. The summed E-state index contributed by atoms with van der Waals surface area (Å²) in [4.78, 5) is 0. The first kappa shape index (κ1) is 6.47. The molecule has 0 heteroatoms. The third-order valence-electron chi connectivity index (χ3n) is 1.51. The van der Waals surface area contributed by atoms with Crippen molar-refractivity contribution in [1.29, 1.82) is 0 Å². The second kappa shape index (κ2) is 2.30. The molecule has 0 saturated heterocycles. The lowest BCUT2D eigenvalue weighted by atomic mass is 9.94. The van der Waals surface area contributed by atoms with E-state index in [1.807, 2.05) is 0 Å². The van der Waals surface area contributed by atoms with E-state index in [2.05, 4.69) is 32.9 Å². The molecule has 0 unspecified atom stereocenters. The van der Waals surface area contributed by atoms with Gasteiger partial charge in [-0.25, -0.2) is 0 Å². The van der Waals surface area contributed by atoms with E-state index < -0.39 is 0 Å². The minimum atomic E-state index is 1.16. The molecule has 0 N–H and O–H groups in total. The average molecular weight is 121 g/mol. The van der Waals surface area contributed by atoms with Crippen molar-refractivity contribution < 1.29 is 0 Å². The highest BCUT2D eigenvalue weighted by Crippen LogP contribution is 2.21. The number of allylic oxidation sites excluding steroid dienone is 4. The Bertz CT molecular complexity index is 143. The molecule has 0 atom stereocenters. The monoisotopic (exact) mass is 121 g/mol. The van der Waals surface area contributed by atoms with Crippen molar-refractivity contribution in [2.75, 3.05) is 0 Å². The van der Waals surface area contributed by atoms with Gasteiger partial charge in [-0.2, -0.15) is 0 Å². The van der Waals surface area contributed by atoms with Crippen molar-refractivity contribution in [2.45, 2.75) is 27.2 Å². The molecule has 0 amide bonds. The Balaban J connectivity index is 2.69. The predicted octanol–water partition coefficient (Wildman–Crippen LogP) is 2.88. The van der Waals surface area contributed by atoms with Crippen LogP contribution in [0.5, 0.6) is 0 Å². The first-order chi connectivity index (χ1) is 4.18. The van der Waals surface area contributed by atoms with Gasteiger partial charge in [0.05, 0.1) is 6.42 Å². The normalized spacial score (nSPS) is 19.2. The van der Waals surface area contributed by atoms with Gasteiger partial charge in [-0.15, -0.1) is 0 Å². The van der Waals surface area contributed by atoms with Gasteiger partial charge < -0.3 is 0 Å². The molecule has 1 aliphatic rings. The second-order valence-electron chi connectivity index (χ2n) is 2.90. The Hall–Kier alpha value is -0.650. The van der Waals surface area contributed by atoms with Crippen molar-refractivity contribution in [2.24, 2.45) is 0 Å². The maximum atomic E-state index is 2.24. The van der Waals surface area contributed by atoms with Crippen LogP contribution in [0.25, 0.3) is 0 Å². The zero-order valence-electron chi connectivity index (χ0n) is 6.36. The van der Waals surface area contributed by atoms with Gasteiger partial charge in [0.15, 0.2) is 0 Å². The van der Waals surface area contributed by atoms with Crippen LogP contribution in [0.2, 0.25) is 0 Å². The Labute approximate surface area is 57.3 Å². The van der Waals surface area contributed by atoms with Gasteiger partial charge in [-0.1, -0.05) is 0 Å². The van der Waals surface area contributed by atoms with Gasteiger partial charge in [0.2, 0.25) is 0 Å². The predicted molar refractivity (Wildman–Crippen MR) is 41.0 cm³/mol. The lowest BCUT2D eigenvalue weighted by Crippen LogP contribution is -1.93. The van der Waals surface area contributed by atoms with E-state index in [1.54, 1.807) is 0 Å². The molecule has 0 aromatic heterocycles. The quantitative estimate of drug-likeness (QED) is 0.432. The minimum Gasteiger partial charge on any atom is 0.00313 e. The van der Waals surface area contributed by atoms with Crippen molar-refractivity contribution in [3.63, 3.8) is 0 Å². The molecule has 9 heavy (non-hydrogen) atoms. The molecular weight excluding hydrogens is 108 g/mol. The molecule has 0 fully saturated rings. The zero-order chi connectivity index (χ0) is 6.85. The fourth-order valence-electron chi connectivity index (χ4n) is 1.36. The zero-order valence-corrected chi connectivity index (χ0v) is 6.36. The number of rotatable bonds is 0. The third kappa shape index (κ3) is 1.63. The van der Waals surface area contributed by atoms with E-state index in [9.17, 15) is 0 Å². The summed E-state index contributed by atoms with van der Waals surface area (Å²) in [5, 5.41) is 0. The van der Waals surface area contributed by atoms with Crippen LogP contribution < -0.4 is 0 Å². The lowest BCUT2D eigenvalue weighted by Gasteiger charge is -2.03. The van der Waals surface area contributed by atoms with Crippen LogP contribution in [0.1, 0.15) is 27.2 Å². The van der Waals surface area contributed by atoms with Crippen molar-refractivity contribution in [3.8, 4) is 0 Å². The molecule has 0 bridgehead atoms. The molecule has 0 spiro atoms. The highest BCUT2D eigenvalue weighted by atomic mass is 14.1. The number of hydrogen-bond acceptors (Lipinski definition) is 0. The minimum absolute atomic E-state index is 1.16. The fraction of sp³-hybridized carbons (Fsp3) is 0.444. The molecule has 0 saturated carbocycles. The van der Waals surface area contributed by atoms with Crippen LogP contribution in [-0.2, 0) is 0 Å². The Morgan fingerprint density at radius 2 is 1.67 bits per heavy atom. The summed E-state index contributed by atoms with van der Waals surface area (Å²) < 4.78 is 0. The van der Waals surface area contributed by atoms with Crippen LogP contribution in [0, 0.1) is 5.92 Å². The van der Waals surface area contributed by atoms with Crippen molar-refractivity contribution >= 4 is 0 Å². The molecule has 0 aromatic rings. The van der Waals surface area contributed by atoms with Gasteiger partial charge in [0, 0.05) is 50.0 Å². The van der Waals surface area contributed by atoms with Gasteiger partial charge in [-0.3, -0.25) is 0 Å². The fourth-order valence-corrected chi connectivity index (χ4v) is 1.36. The highest BCUT2D eigenvalue weighted by molar-refractivity contribution is 5.33. The van der Waals surface area contributed by atoms with E-state index in [4.69, 9.17) is 0 Å². The Morgan fingerprint density at radius 3 is 2.00 bits per heavy atom. The summed E-state index contributed by atoms with van der Waals surface area (Å²) >= 11 is 0. The molecule has 48 valence electrons. The second-order valence-corrected chi connectivity index (χ2v) is 2.90. The molecular formula is C9H13+. The molecule has 0 radical (unpaired) electrons. The van der Waals surface area contributed by atoms with Crippen molar-refractivity contribution in [3.05, 3.63) is 29.2 Å². The van der Waals surface area contributed by atoms with Crippen LogP contribution in [-0.4, -0.2) is 0 Å². The standard InChI is InChI=1S/C9H13/c1-7-4-8(2)6-9(3)5-7/h4-5H,6H2,1-3H3/q+1. The third-order valence-corrected chi connectivity index (χ3v) is 1.51. The summed E-state index contributed by atoms with van der Waals surface area (Å²) in [6, 6.07) is 0. The van der Waals surface area contributed by atoms with Crippen LogP contribution in [0.3, 0.4) is 0 Å². The molecule has 1 rings (SSSR count). The highest BCUT2D eigenvalue weighted by Gasteiger charge is 2.12. The van der Waals surface area contributed by atoms with Crippen molar-refractivity contribution in [1.82, 2.24) is 0 Å². The van der Waals surface area contributed by atoms with Crippen LogP contribution in [0.4, 0.5) is 0 Å². The van der Waals surface area contributed by atoms with E-state index in [0.717, 1.165) is 6.42 Å². The topological polar surface area (TPSA) is 0 Å². The van der Waals surface area contributed by atoms with E-state index in [1.165, 1.54) is 17.1 Å². The lowest BCUT2D eigenvalue weighted by molar-refractivity contribution is 1.04. The van der Waals surface area contributed by atoms with E-state index in [-0.39, 0.29) is 0 Å². The van der Waals surface area contributed by atoms with E-state index >= 15 is 0 Å². The summed E-state index contributed by atoms with van der Waals surface area (Å²) in [6.45, 7) is 6.51. The molecule has 0 heterocycles. The first-order valence-corrected chi connectivity index (χ1v) is 3.36. The summed E-state index contributed by atoms with van der Waals surface area (Å²) in [5.41, 5.74) is 2.96. The van der Waals surface area contributed by atoms with Gasteiger partial charge in [0.1, 0.15) is 0 Å². The molecule has 0 nitrogen and oxygen atoms in total. The van der Waals surface area contributed by atoms with Crippen LogP contribution >= 0.6 is 0 Å². The SMILES string of the molecule is CC1=C[C+](C)C=C(C)C1. The van der Waals surface area contributed by atoms with Gasteiger partial charge >= 0.3 is 0 Å². The summed E-state index contributed by atoms with van der Waals surface area (Å²) in [5.74, 6) is 1.39. The molecule has 0 aromatic carbocycles. The number of hydrogen-bond donors (Lipinski definition) is 0.